The Morgan fingerprint density at radius 3 is 1.66 bits per heavy atom. The minimum absolute atomic E-state index is 0.125. The van der Waals surface area contributed by atoms with E-state index in [0.29, 0.717) is 10.9 Å². The molecule has 0 aromatic heterocycles. The predicted molar refractivity (Wildman–Crippen MR) is 137 cm³/mol. The predicted octanol–water partition coefficient (Wildman–Crippen LogP) is 6.61. The first-order chi connectivity index (χ1) is 15.3. The number of hydrogen-bond acceptors (Lipinski definition) is 2. The smallest absolute Gasteiger partial charge is 0.278 e. The number of likely N-dealkylation sites (N-methyl/N-ethyl adjacent to an activating group) is 1. The number of nitrogens with one attached hydrogen (secondary N) is 1. The highest BCUT2D eigenvalue weighted by molar-refractivity contribution is 5.81. The van der Waals surface area contributed by atoms with E-state index in [4.69, 9.17) is 0 Å². The van der Waals surface area contributed by atoms with Crippen molar-refractivity contribution in [3.8, 4) is 5.75 Å². The van der Waals surface area contributed by atoms with Crippen molar-refractivity contribution in [2.24, 2.45) is 0 Å². The van der Waals surface area contributed by atoms with Crippen molar-refractivity contribution >= 4 is 5.91 Å². The summed E-state index contributed by atoms with van der Waals surface area (Å²) in [5.41, 5.74) is 1.08. The number of benzene rings is 1. The Labute approximate surface area is 198 Å². The number of quaternary nitrogens is 1. The Balaban J connectivity index is 2.08. The van der Waals surface area contributed by atoms with Crippen LogP contribution in [0.1, 0.15) is 102 Å². The summed E-state index contributed by atoms with van der Waals surface area (Å²) in [5, 5.41) is 12.6. The number of phenolic OH excluding ortho intramolecular Hbond substituents is 1. The minimum Gasteiger partial charge on any atom is -0.508 e. The van der Waals surface area contributed by atoms with Gasteiger partial charge in [0.2, 0.25) is 0 Å². The third-order valence-electron chi connectivity index (χ3n) is 6.43. The molecule has 2 N–H and O–H groups in total. The summed E-state index contributed by atoms with van der Waals surface area (Å²) in [5.74, 6) is 0.387. The van der Waals surface area contributed by atoms with Gasteiger partial charge < -0.3 is 14.9 Å². The number of rotatable bonds is 19. The summed E-state index contributed by atoms with van der Waals surface area (Å²) in [7, 11) is 6.20. The van der Waals surface area contributed by atoms with E-state index in [9.17, 15) is 9.90 Å². The highest BCUT2D eigenvalue weighted by Crippen LogP contribution is 2.16. The van der Waals surface area contributed by atoms with Gasteiger partial charge in [0.05, 0.1) is 21.1 Å². The number of carbonyl (C=O) groups excluding carboxylic acids is 1. The molecule has 1 aromatic carbocycles. The summed E-state index contributed by atoms with van der Waals surface area (Å²) in [6.45, 7) is 3.04. The van der Waals surface area contributed by atoms with Gasteiger partial charge in [-0.25, -0.2) is 0 Å². The summed E-state index contributed by atoms with van der Waals surface area (Å²) in [6.07, 6.45) is 19.5. The van der Waals surface area contributed by atoms with Gasteiger partial charge in [-0.15, -0.1) is 0 Å². The van der Waals surface area contributed by atoms with Crippen molar-refractivity contribution in [3.05, 3.63) is 29.8 Å². The molecular formula is C28H51N2O2+. The third kappa shape index (κ3) is 13.8. The number of unbranched alkanes of at least 4 members (excludes halogenated alkanes) is 13. The average molecular weight is 448 g/mol. The Hall–Kier alpha value is -1.55. The maximum atomic E-state index is 12.8. The first-order valence-corrected chi connectivity index (χ1v) is 13.2. The van der Waals surface area contributed by atoms with Crippen molar-refractivity contribution in [2.75, 3.05) is 27.7 Å². The number of nitrogens with zero attached hydrogens (tertiary/aromatic N) is 1. The molecule has 1 aromatic rings. The molecular weight excluding hydrogens is 396 g/mol. The fourth-order valence-electron chi connectivity index (χ4n) is 4.22. The largest absolute Gasteiger partial charge is 0.508 e. The Morgan fingerprint density at radius 2 is 1.22 bits per heavy atom. The van der Waals surface area contributed by atoms with Gasteiger partial charge in [-0.3, -0.25) is 4.79 Å². The third-order valence-corrected chi connectivity index (χ3v) is 6.43. The van der Waals surface area contributed by atoms with E-state index < -0.39 is 0 Å². The fourth-order valence-corrected chi connectivity index (χ4v) is 4.22. The zero-order chi connectivity index (χ0) is 23.7. The van der Waals surface area contributed by atoms with E-state index in [1.54, 1.807) is 12.1 Å². The van der Waals surface area contributed by atoms with E-state index in [2.05, 4.69) is 33.4 Å². The summed E-state index contributed by atoms with van der Waals surface area (Å²) in [4.78, 5) is 12.8. The lowest BCUT2D eigenvalue weighted by molar-refractivity contribution is -0.886. The van der Waals surface area contributed by atoms with Crippen LogP contribution in [0.4, 0.5) is 0 Å². The van der Waals surface area contributed by atoms with Gasteiger partial charge in [0.1, 0.15) is 5.75 Å². The van der Waals surface area contributed by atoms with E-state index in [-0.39, 0.29) is 17.7 Å². The van der Waals surface area contributed by atoms with Crippen LogP contribution in [0.3, 0.4) is 0 Å². The maximum Gasteiger partial charge on any atom is 0.278 e. The molecule has 0 spiro atoms. The van der Waals surface area contributed by atoms with E-state index >= 15 is 0 Å². The van der Waals surface area contributed by atoms with Crippen LogP contribution >= 0.6 is 0 Å². The Bertz CT molecular complexity index is 592. The van der Waals surface area contributed by atoms with Crippen LogP contribution in [0.25, 0.3) is 0 Å². The number of phenols is 1. The highest BCUT2D eigenvalue weighted by atomic mass is 16.3. The zero-order valence-corrected chi connectivity index (χ0v) is 21.5. The number of amides is 1. The summed E-state index contributed by atoms with van der Waals surface area (Å²) in [6, 6.07) is 7.05. The number of carbonyl (C=O) groups is 1. The van der Waals surface area contributed by atoms with Gasteiger partial charge in [0, 0.05) is 13.0 Å². The van der Waals surface area contributed by atoms with Crippen LogP contribution in [0.2, 0.25) is 0 Å². The lowest BCUT2D eigenvalue weighted by Gasteiger charge is -2.33. The second-order valence-corrected chi connectivity index (χ2v) is 10.4. The van der Waals surface area contributed by atoms with Crippen LogP contribution in [0.15, 0.2) is 24.3 Å². The van der Waals surface area contributed by atoms with Crippen LogP contribution in [-0.2, 0) is 11.2 Å². The number of hydrogen-bond donors (Lipinski definition) is 2. The molecule has 32 heavy (non-hydrogen) atoms. The lowest BCUT2D eigenvalue weighted by Crippen LogP contribution is -2.55. The normalized spacial score (nSPS) is 12.6. The Morgan fingerprint density at radius 1 is 0.781 bits per heavy atom. The van der Waals surface area contributed by atoms with E-state index in [1.807, 2.05) is 12.1 Å². The standard InChI is InChI=1S/C28H50N2O2/c1-5-6-7-8-9-10-11-12-13-14-15-16-17-18-23-29-28(32)27(30(2,3)4)24-25-19-21-26(31)22-20-25/h19-22,27H,5-18,23-24H2,1-4H3,(H-,29,31,32)/p+1. The fraction of sp³-hybridized carbons (Fsp3) is 0.750. The number of aromatic hydroxyl groups is 1. The van der Waals surface area contributed by atoms with Gasteiger partial charge in [-0.2, -0.15) is 0 Å². The SMILES string of the molecule is CCCCCCCCCCCCCCCCNC(=O)C(Cc1ccc(O)cc1)[N+](C)(C)C. The molecule has 0 bridgehead atoms. The van der Waals surface area contributed by atoms with Crippen molar-refractivity contribution in [1.29, 1.82) is 0 Å². The Kier molecular flexibility index (Phi) is 15.1. The molecule has 0 aliphatic heterocycles. The van der Waals surface area contributed by atoms with Crippen molar-refractivity contribution < 1.29 is 14.4 Å². The summed E-state index contributed by atoms with van der Waals surface area (Å²) < 4.78 is 0.589. The highest BCUT2D eigenvalue weighted by Gasteiger charge is 2.31. The first-order valence-electron chi connectivity index (χ1n) is 13.2. The van der Waals surface area contributed by atoms with Gasteiger partial charge >= 0.3 is 0 Å². The van der Waals surface area contributed by atoms with Crippen LogP contribution in [-0.4, -0.2) is 49.2 Å². The molecule has 1 rings (SSSR count). The van der Waals surface area contributed by atoms with Gasteiger partial charge in [-0.1, -0.05) is 103 Å². The maximum absolute atomic E-state index is 12.8. The molecule has 1 unspecified atom stereocenters. The molecule has 184 valence electrons. The molecule has 0 saturated carbocycles. The van der Waals surface area contributed by atoms with E-state index in [1.165, 1.54) is 83.5 Å². The van der Waals surface area contributed by atoms with Crippen LogP contribution < -0.4 is 5.32 Å². The molecule has 0 aliphatic rings. The van der Waals surface area contributed by atoms with E-state index in [0.717, 1.165) is 18.5 Å². The molecule has 0 heterocycles. The molecule has 4 heteroatoms. The molecule has 0 aliphatic carbocycles. The molecule has 1 atom stereocenters. The minimum atomic E-state index is -0.133. The summed E-state index contributed by atoms with van der Waals surface area (Å²) >= 11 is 0. The molecule has 0 radical (unpaired) electrons. The zero-order valence-electron chi connectivity index (χ0n) is 21.5. The van der Waals surface area contributed by atoms with Crippen molar-refractivity contribution in [2.45, 2.75) is 109 Å². The quantitative estimate of drug-likeness (QED) is 0.185. The van der Waals surface area contributed by atoms with Gasteiger partial charge in [0.25, 0.3) is 5.91 Å². The second-order valence-electron chi connectivity index (χ2n) is 10.4. The monoisotopic (exact) mass is 447 g/mol. The topological polar surface area (TPSA) is 49.3 Å². The van der Waals surface area contributed by atoms with Crippen molar-refractivity contribution in [3.63, 3.8) is 0 Å². The lowest BCUT2D eigenvalue weighted by atomic mass is 10.0. The average Bonchev–Trinajstić information content (AvgIpc) is 2.75. The van der Waals surface area contributed by atoms with Crippen LogP contribution in [0, 0.1) is 0 Å². The molecule has 0 saturated heterocycles. The van der Waals surface area contributed by atoms with Crippen LogP contribution in [0.5, 0.6) is 5.75 Å². The molecule has 4 nitrogen and oxygen atoms in total. The molecule has 0 fully saturated rings. The van der Waals surface area contributed by atoms with Crippen molar-refractivity contribution in [1.82, 2.24) is 5.32 Å². The molecule has 1 amide bonds. The second kappa shape index (κ2) is 17.0. The van der Waals surface area contributed by atoms with Gasteiger partial charge in [0.15, 0.2) is 6.04 Å². The van der Waals surface area contributed by atoms with Gasteiger partial charge in [-0.05, 0) is 24.1 Å². The first kappa shape index (κ1) is 28.5.